The van der Waals surface area contributed by atoms with E-state index in [9.17, 15) is 0 Å². The third-order valence-corrected chi connectivity index (χ3v) is 1.71. The lowest BCUT2D eigenvalue weighted by Crippen LogP contribution is -2.21. The number of thiol groups is 1. The zero-order valence-electron chi connectivity index (χ0n) is 5.89. The van der Waals surface area contributed by atoms with Gasteiger partial charge in [-0.05, 0) is 20.3 Å². The Kier molecular flexibility index (Phi) is 4.38. The molecule has 0 rings (SSSR count). The minimum atomic E-state index is 0.568. The fraction of sp³-hybridized carbons (Fsp3) is 1.00. The van der Waals surface area contributed by atoms with Crippen LogP contribution in [0.5, 0.6) is 0 Å². The standard InChI is InChI=1S/C6H15NS/c1-4-5-7(8)6(2)3/h6,8H,4-5H2,1-3H3. The first kappa shape index (κ1) is 8.31. The van der Waals surface area contributed by atoms with Gasteiger partial charge in [0.25, 0.3) is 0 Å². The van der Waals surface area contributed by atoms with E-state index in [0.717, 1.165) is 6.54 Å². The third-order valence-electron chi connectivity index (χ3n) is 1.05. The van der Waals surface area contributed by atoms with E-state index >= 15 is 0 Å². The van der Waals surface area contributed by atoms with E-state index in [4.69, 9.17) is 0 Å². The molecule has 8 heavy (non-hydrogen) atoms. The Morgan fingerprint density at radius 2 is 2.00 bits per heavy atom. The summed E-state index contributed by atoms with van der Waals surface area (Å²) in [5.41, 5.74) is 0. The minimum absolute atomic E-state index is 0.568. The van der Waals surface area contributed by atoms with Crippen molar-refractivity contribution in [1.29, 1.82) is 0 Å². The third kappa shape index (κ3) is 3.33. The molecule has 1 nitrogen and oxygen atoms in total. The lowest BCUT2D eigenvalue weighted by atomic mass is 10.4. The van der Waals surface area contributed by atoms with Crippen LogP contribution in [0.4, 0.5) is 0 Å². The van der Waals surface area contributed by atoms with Gasteiger partial charge in [-0.25, -0.2) is 0 Å². The van der Waals surface area contributed by atoms with Crippen molar-refractivity contribution in [3.8, 4) is 0 Å². The first-order valence-corrected chi connectivity index (χ1v) is 3.54. The fourth-order valence-electron chi connectivity index (χ4n) is 0.487. The zero-order valence-corrected chi connectivity index (χ0v) is 6.78. The summed E-state index contributed by atoms with van der Waals surface area (Å²) < 4.78 is 2.04. The molecule has 0 amide bonds. The molecule has 0 aliphatic carbocycles. The Bertz CT molecular complexity index is 54.5. The second-order valence-electron chi connectivity index (χ2n) is 2.26. The average Bonchev–Trinajstić information content (AvgIpc) is 1.67. The number of nitrogens with zero attached hydrogens (tertiary/aromatic N) is 1. The summed E-state index contributed by atoms with van der Waals surface area (Å²) in [5, 5.41) is 0. The van der Waals surface area contributed by atoms with E-state index < -0.39 is 0 Å². The second-order valence-corrected chi connectivity index (χ2v) is 2.77. The lowest BCUT2D eigenvalue weighted by molar-refractivity contribution is 0.401. The second kappa shape index (κ2) is 4.21. The zero-order chi connectivity index (χ0) is 6.57. The molecule has 0 saturated heterocycles. The highest BCUT2D eigenvalue weighted by atomic mass is 32.1. The van der Waals surface area contributed by atoms with Crippen LogP contribution >= 0.6 is 12.8 Å². The van der Waals surface area contributed by atoms with Gasteiger partial charge in [0.05, 0.1) is 0 Å². The number of rotatable bonds is 3. The summed E-state index contributed by atoms with van der Waals surface area (Å²) in [6.45, 7) is 7.53. The van der Waals surface area contributed by atoms with Gasteiger partial charge in [0.2, 0.25) is 0 Å². The largest absolute Gasteiger partial charge is 0.251 e. The molecule has 2 heteroatoms. The monoisotopic (exact) mass is 133 g/mol. The molecule has 50 valence electrons. The van der Waals surface area contributed by atoms with Crippen LogP contribution in [0.25, 0.3) is 0 Å². The van der Waals surface area contributed by atoms with Crippen molar-refractivity contribution in [1.82, 2.24) is 4.31 Å². The number of hydrogen-bond acceptors (Lipinski definition) is 2. The molecular formula is C6H15NS. The van der Waals surface area contributed by atoms with Crippen LogP contribution in [0.15, 0.2) is 0 Å². The van der Waals surface area contributed by atoms with Gasteiger partial charge in [0, 0.05) is 12.6 Å². The van der Waals surface area contributed by atoms with Crippen LogP contribution in [-0.4, -0.2) is 16.9 Å². The molecule has 0 aliphatic rings. The van der Waals surface area contributed by atoms with Gasteiger partial charge in [0.15, 0.2) is 0 Å². The molecule has 0 atom stereocenters. The molecular weight excluding hydrogens is 118 g/mol. The molecule has 0 aromatic heterocycles. The normalized spacial score (nSPS) is 11.2. The van der Waals surface area contributed by atoms with Crippen molar-refractivity contribution >= 4 is 12.8 Å². The van der Waals surface area contributed by atoms with Crippen LogP contribution in [-0.2, 0) is 0 Å². The molecule has 0 bridgehead atoms. The summed E-state index contributed by atoms with van der Waals surface area (Å²) in [5.74, 6) is 0. The van der Waals surface area contributed by atoms with E-state index in [1.807, 2.05) is 4.31 Å². The van der Waals surface area contributed by atoms with Gasteiger partial charge >= 0.3 is 0 Å². The van der Waals surface area contributed by atoms with Gasteiger partial charge in [-0.1, -0.05) is 19.7 Å². The summed E-state index contributed by atoms with van der Waals surface area (Å²) in [6, 6.07) is 0.568. The van der Waals surface area contributed by atoms with E-state index in [1.165, 1.54) is 6.42 Å². The first-order chi connectivity index (χ1) is 3.68. The maximum atomic E-state index is 4.24. The van der Waals surface area contributed by atoms with Crippen LogP contribution in [0.2, 0.25) is 0 Å². The maximum Gasteiger partial charge on any atom is 0.0143 e. The highest BCUT2D eigenvalue weighted by Gasteiger charge is 1.99. The van der Waals surface area contributed by atoms with Crippen molar-refractivity contribution in [3.63, 3.8) is 0 Å². The van der Waals surface area contributed by atoms with Crippen molar-refractivity contribution in [2.24, 2.45) is 0 Å². The SMILES string of the molecule is CCCN(S)C(C)C. The molecule has 0 aromatic rings. The maximum absolute atomic E-state index is 4.24. The summed E-state index contributed by atoms with van der Waals surface area (Å²) in [4.78, 5) is 0. The summed E-state index contributed by atoms with van der Waals surface area (Å²) >= 11 is 4.24. The van der Waals surface area contributed by atoms with E-state index in [1.54, 1.807) is 0 Å². The van der Waals surface area contributed by atoms with E-state index in [-0.39, 0.29) is 0 Å². The van der Waals surface area contributed by atoms with Crippen LogP contribution in [0.1, 0.15) is 27.2 Å². The van der Waals surface area contributed by atoms with Crippen LogP contribution < -0.4 is 0 Å². The Labute approximate surface area is 57.6 Å². The van der Waals surface area contributed by atoms with Crippen LogP contribution in [0, 0.1) is 0 Å². The van der Waals surface area contributed by atoms with Gasteiger partial charge in [0.1, 0.15) is 0 Å². The molecule has 0 heterocycles. The Hall–Kier alpha value is 0.310. The Morgan fingerprint density at radius 1 is 1.50 bits per heavy atom. The average molecular weight is 133 g/mol. The van der Waals surface area contributed by atoms with Crippen molar-refractivity contribution in [2.45, 2.75) is 33.2 Å². The molecule has 0 radical (unpaired) electrons. The number of hydrogen-bond donors (Lipinski definition) is 1. The molecule has 0 aromatic carbocycles. The van der Waals surface area contributed by atoms with Crippen LogP contribution in [0.3, 0.4) is 0 Å². The molecule has 0 aliphatic heterocycles. The molecule has 0 fully saturated rings. The van der Waals surface area contributed by atoms with Crippen molar-refractivity contribution < 1.29 is 0 Å². The predicted molar refractivity (Wildman–Crippen MR) is 41.1 cm³/mol. The highest BCUT2D eigenvalue weighted by Crippen LogP contribution is 2.00. The Morgan fingerprint density at radius 3 is 2.12 bits per heavy atom. The first-order valence-electron chi connectivity index (χ1n) is 3.14. The van der Waals surface area contributed by atoms with E-state index in [0.29, 0.717) is 6.04 Å². The summed E-state index contributed by atoms with van der Waals surface area (Å²) in [6.07, 6.45) is 1.18. The Balaban J connectivity index is 3.17. The minimum Gasteiger partial charge on any atom is -0.251 e. The fourth-order valence-corrected chi connectivity index (χ4v) is 0.687. The highest BCUT2D eigenvalue weighted by molar-refractivity contribution is 7.77. The van der Waals surface area contributed by atoms with Crippen molar-refractivity contribution in [2.75, 3.05) is 6.54 Å². The van der Waals surface area contributed by atoms with Gasteiger partial charge in [-0.3, -0.25) is 4.31 Å². The summed E-state index contributed by atoms with van der Waals surface area (Å²) in [7, 11) is 0. The lowest BCUT2D eigenvalue weighted by Gasteiger charge is -2.17. The van der Waals surface area contributed by atoms with Crippen molar-refractivity contribution in [3.05, 3.63) is 0 Å². The predicted octanol–water partition coefficient (Wildman–Crippen LogP) is 1.95. The van der Waals surface area contributed by atoms with Gasteiger partial charge in [-0.15, -0.1) is 0 Å². The molecule has 0 unspecified atom stereocenters. The van der Waals surface area contributed by atoms with E-state index in [2.05, 4.69) is 33.6 Å². The molecule has 0 spiro atoms. The van der Waals surface area contributed by atoms with Gasteiger partial charge < -0.3 is 0 Å². The van der Waals surface area contributed by atoms with Gasteiger partial charge in [-0.2, -0.15) is 0 Å². The molecule has 0 saturated carbocycles. The quantitative estimate of drug-likeness (QED) is 0.576. The molecule has 0 N–H and O–H groups in total. The smallest absolute Gasteiger partial charge is 0.0143 e. The topological polar surface area (TPSA) is 3.24 Å².